The van der Waals surface area contributed by atoms with Gasteiger partial charge in [-0.1, -0.05) is 42.5 Å². The number of carbonyl (C=O) groups excluding carboxylic acids is 4. The maximum atomic E-state index is 13.4. The van der Waals surface area contributed by atoms with Crippen molar-refractivity contribution in [2.75, 3.05) is 18.5 Å². The molecule has 1 N–H and O–H groups in total. The van der Waals surface area contributed by atoms with Crippen LogP contribution < -0.4 is 10.1 Å². The van der Waals surface area contributed by atoms with E-state index in [9.17, 15) is 19.2 Å². The summed E-state index contributed by atoms with van der Waals surface area (Å²) in [5.74, 6) is -1.58. The second kappa shape index (κ2) is 10.1. The van der Waals surface area contributed by atoms with Gasteiger partial charge in [-0.15, -0.1) is 0 Å². The van der Waals surface area contributed by atoms with Gasteiger partial charge < -0.3 is 14.8 Å². The lowest BCUT2D eigenvalue weighted by molar-refractivity contribution is -0.160. The molecular weight excluding hydrogens is 460 g/mol. The number of esters is 1. The van der Waals surface area contributed by atoms with Crippen molar-refractivity contribution < 1.29 is 28.7 Å². The fraction of sp³-hybridized carbons (Fsp3) is 0.429. The average molecular weight is 491 g/mol. The van der Waals surface area contributed by atoms with Gasteiger partial charge >= 0.3 is 5.97 Å². The van der Waals surface area contributed by atoms with Gasteiger partial charge in [0, 0.05) is 6.42 Å². The number of benzene rings is 2. The van der Waals surface area contributed by atoms with Crippen LogP contribution in [0.25, 0.3) is 0 Å². The number of anilines is 1. The van der Waals surface area contributed by atoms with Gasteiger partial charge in [-0.05, 0) is 55.7 Å². The smallest absolute Gasteiger partial charge is 0.330 e. The number of nitrogens with one attached hydrogen (secondary N) is 1. The number of imide groups is 1. The molecular formula is C28H30N2O6. The molecule has 5 atom stereocenters. The molecule has 3 fully saturated rings. The van der Waals surface area contributed by atoms with E-state index >= 15 is 0 Å². The van der Waals surface area contributed by atoms with Gasteiger partial charge in [0.25, 0.3) is 5.91 Å². The van der Waals surface area contributed by atoms with Gasteiger partial charge in [-0.2, -0.15) is 0 Å². The minimum absolute atomic E-state index is 0.140. The first-order chi connectivity index (χ1) is 17.5. The lowest BCUT2D eigenvalue weighted by Crippen LogP contribution is -2.48. The Labute approximate surface area is 209 Å². The Kier molecular flexibility index (Phi) is 6.76. The van der Waals surface area contributed by atoms with Crippen molar-refractivity contribution in [1.29, 1.82) is 0 Å². The van der Waals surface area contributed by atoms with Crippen molar-refractivity contribution in [3.63, 3.8) is 0 Å². The van der Waals surface area contributed by atoms with Crippen LogP contribution in [0.1, 0.15) is 31.7 Å². The predicted octanol–water partition coefficient (Wildman–Crippen LogP) is 3.21. The van der Waals surface area contributed by atoms with Crippen molar-refractivity contribution in [2.24, 2.45) is 23.7 Å². The highest BCUT2D eigenvalue weighted by molar-refractivity contribution is 6.08. The lowest BCUT2D eigenvalue weighted by atomic mass is 9.81. The summed E-state index contributed by atoms with van der Waals surface area (Å²) >= 11 is 0. The fourth-order valence-corrected chi connectivity index (χ4v) is 6.13. The molecule has 2 aromatic rings. The average Bonchev–Trinajstić information content (AvgIpc) is 3.57. The molecule has 2 aromatic carbocycles. The summed E-state index contributed by atoms with van der Waals surface area (Å²) in [5.41, 5.74) is 1.27. The molecule has 36 heavy (non-hydrogen) atoms. The molecule has 1 saturated heterocycles. The normalized spacial score (nSPS) is 25.0. The SMILES string of the molecule is CCOc1ccccc1NC(=O)COC(=O)[C@H](Cc1ccccc1)N1C(=O)[C@@H]2[C@H]3CC[C@@H](C3)[C@H]2C1=O. The third-order valence-corrected chi connectivity index (χ3v) is 7.62. The van der Waals surface area contributed by atoms with Crippen LogP contribution in [0, 0.1) is 23.7 Å². The van der Waals surface area contributed by atoms with Crippen LogP contribution in [0.15, 0.2) is 54.6 Å². The van der Waals surface area contributed by atoms with Crippen molar-refractivity contribution in [3.05, 3.63) is 60.2 Å². The number of fused-ring (bicyclic) bond motifs is 5. The van der Waals surface area contributed by atoms with Gasteiger partial charge in [-0.3, -0.25) is 19.3 Å². The summed E-state index contributed by atoms with van der Waals surface area (Å²) in [7, 11) is 0. The second-order valence-corrected chi connectivity index (χ2v) is 9.72. The number of para-hydroxylation sites is 2. The number of hydrogen-bond acceptors (Lipinski definition) is 6. The maximum Gasteiger partial charge on any atom is 0.330 e. The van der Waals surface area contributed by atoms with Gasteiger partial charge in [0.1, 0.15) is 11.8 Å². The minimum Gasteiger partial charge on any atom is -0.492 e. The molecule has 3 aliphatic rings. The van der Waals surface area contributed by atoms with E-state index in [4.69, 9.17) is 9.47 Å². The molecule has 1 aliphatic heterocycles. The molecule has 0 unspecified atom stereocenters. The van der Waals surface area contributed by atoms with E-state index in [2.05, 4.69) is 5.32 Å². The quantitative estimate of drug-likeness (QED) is 0.428. The molecule has 8 heteroatoms. The first kappa shape index (κ1) is 24.0. The molecule has 188 valence electrons. The first-order valence-corrected chi connectivity index (χ1v) is 12.6. The molecule has 3 amide bonds. The molecule has 5 rings (SSSR count). The van der Waals surface area contributed by atoms with E-state index in [1.54, 1.807) is 24.3 Å². The molecule has 0 radical (unpaired) electrons. The van der Waals surface area contributed by atoms with Crippen LogP contribution >= 0.6 is 0 Å². The Morgan fingerprint density at radius 1 is 0.972 bits per heavy atom. The van der Waals surface area contributed by atoms with Crippen molar-refractivity contribution >= 4 is 29.4 Å². The Balaban J connectivity index is 1.31. The van der Waals surface area contributed by atoms with Crippen LogP contribution in [-0.2, 0) is 30.3 Å². The van der Waals surface area contributed by atoms with Gasteiger partial charge in [-0.25, -0.2) is 4.79 Å². The predicted molar refractivity (Wildman–Crippen MR) is 131 cm³/mol. The largest absolute Gasteiger partial charge is 0.492 e. The van der Waals surface area contributed by atoms with Crippen molar-refractivity contribution in [2.45, 2.75) is 38.6 Å². The van der Waals surface area contributed by atoms with E-state index in [-0.39, 0.29) is 41.9 Å². The fourth-order valence-electron chi connectivity index (χ4n) is 6.13. The number of likely N-dealkylation sites (tertiary alicyclic amines) is 1. The molecule has 2 saturated carbocycles. The molecule has 2 bridgehead atoms. The van der Waals surface area contributed by atoms with E-state index in [0.29, 0.717) is 18.0 Å². The zero-order valence-corrected chi connectivity index (χ0v) is 20.2. The Morgan fingerprint density at radius 3 is 2.28 bits per heavy atom. The van der Waals surface area contributed by atoms with Crippen LogP contribution in [0.5, 0.6) is 5.75 Å². The number of rotatable bonds is 9. The summed E-state index contributed by atoms with van der Waals surface area (Å²) in [6.07, 6.45) is 2.96. The van der Waals surface area contributed by atoms with Crippen LogP contribution in [0.4, 0.5) is 5.69 Å². The summed E-state index contributed by atoms with van der Waals surface area (Å²) in [6, 6.07) is 15.1. The lowest BCUT2D eigenvalue weighted by Gasteiger charge is -2.26. The summed E-state index contributed by atoms with van der Waals surface area (Å²) < 4.78 is 10.9. The van der Waals surface area contributed by atoms with Gasteiger partial charge in [0.05, 0.1) is 24.1 Å². The first-order valence-electron chi connectivity index (χ1n) is 12.6. The van der Waals surface area contributed by atoms with E-state index < -0.39 is 24.5 Å². The number of ether oxygens (including phenoxy) is 2. The Hall–Kier alpha value is -3.68. The Morgan fingerprint density at radius 2 is 1.61 bits per heavy atom. The van der Waals surface area contributed by atoms with Crippen LogP contribution in [0.3, 0.4) is 0 Å². The monoisotopic (exact) mass is 490 g/mol. The molecule has 2 aliphatic carbocycles. The summed E-state index contributed by atoms with van der Waals surface area (Å²) in [6.45, 7) is 1.73. The third-order valence-electron chi connectivity index (χ3n) is 7.62. The molecule has 8 nitrogen and oxygen atoms in total. The zero-order valence-electron chi connectivity index (χ0n) is 20.2. The standard InChI is InChI=1S/C28H30N2O6/c1-2-35-22-11-7-6-10-20(22)29-23(31)16-36-28(34)21(14-17-8-4-3-5-9-17)30-26(32)24-18-12-13-19(15-18)25(24)27(30)33/h3-11,18-19,21,24-25H,2,12-16H2,1H3,(H,29,31)/t18-,19-,21-,24+,25+/m0/s1. The molecule has 1 heterocycles. The van der Waals surface area contributed by atoms with Crippen LogP contribution in [0.2, 0.25) is 0 Å². The molecule has 0 spiro atoms. The van der Waals surface area contributed by atoms with E-state index in [1.165, 1.54) is 0 Å². The minimum atomic E-state index is -1.11. The van der Waals surface area contributed by atoms with Crippen LogP contribution in [-0.4, -0.2) is 47.8 Å². The van der Waals surface area contributed by atoms with Gasteiger partial charge in [0.2, 0.25) is 11.8 Å². The zero-order chi connectivity index (χ0) is 25.2. The Bertz CT molecular complexity index is 1140. The number of nitrogens with zero attached hydrogens (tertiary/aromatic N) is 1. The van der Waals surface area contributed by atoms with Crippen molar-refractivity contribution in [1.82, 2.24) is 4.90 Å². The maximum absolute atomic E-state index is 13.4. The van der Waals surface area contributed by atoms with E-state index in [1.807, 2.05) is 37.3 Å². The third kappa shape index (κ3) is 4.47. The summed E-state index contributed by atoms with van der Waals surface area (Å²) in [5, 5.41) is 2.69. The van der Waals surface area contributed by atoms with Crippen molar-refractivity contribution in [3.8, 4) is 5.75 Å². The highest BCUT2D eigenvalue weighted by atomic mass is 16.5. The number of amides is 3. The summed E-state index contributed by atoms with van der Waals surface area (Å²) in [4.78, 5) is 53.8. The number of carbonyl (C=O) groups is 4. The second-order valence-electron chi connectivity index (χ2n) is 9.72. The topological polar surface area (TPSA) is 102 Å². The number of hydrogen-bond donors (Lipinski definition) is 1. The van der Waals surface area contributed by atoms with Gasteiger partial charge in [0.15, 0.2) is 6.61 Å². The highest BCUT2D eigenvalue weighted by Crippen LogP contribution is 2.56. The highest BCUT2D eigenvalue weighted by Gasteiger charge is 2.62. The van der Waals surface area contributed by atoms with E-state index in [0.717, 1.165) is 29.7 Å². The molecule has 0 aromatic heterocycles.